The average Bonchev–Trinajstić information content (AvgIpc) is 2.35. The highest BCUT2D eigenvalue weighted by molar-refractivity contribution is 5.84. The second-order valence-electron chi connectivity index (χ2n) is 3.07. The molecule has 0 bridgehead atoms. The first kappa shape index (κ1) is 5.42. The average molecular weight is 126 g/mol. The highest BCUT2D eigenvalue weighted by Gasteiger charge is 2.39. The number of hydrogen-bond donors (Lipinski definition) is 1. The maximum atomic E-state index is 11.0. The molecule has 0 spiro atoms. The van der Waals surface area contributed by atoms with E-state index in [1.54, 1.807) is 4.90 Å². The topological polar surface area (TPSA) is 21.5 Å². The third-order valence-electron chi connectivity index (χ3n) is 2.56. The predicted octanol–water partition coefficient (Wildman–Crippen LogP) is -0.993. The van der Waals surface area contributed by atoms with Crippen LogP contribution in [0.5, 0.6) is 0 Å². The second kappa shape index (κ2) is 1.81. The predicted molar refractivity (Wildman–Crippen MR) is 33.3 cm³/mol. The van der Waals surface area contributed by atoms with E-state index >= 15 is 0 Å². The first-order valence-electron chi connectivity index (χ1n) is 3.75. The molecule has 2 saturated heterocycles. The quantitative estimate of drug-likeness (QED) is 0.442. The van der Waals surface area contributed by atoms with Crippen molar-refractivity contribution in [2.45, 2.75) is 25.3 Å². The van der Waals surface area contributed by atoms with Crippen molar-refractivity contribution < 1.29 is 9.69 Å². The highest BCUT2D eigenvalue weighted by atomic mass is 16.1. The fourth-order valence-electron chi connectivity index (χ4n) is 2.06. The molecule has 0 amide bonds. The van der Waals surface area contributed by atoms with Gasteiger partial charge < -0.3 is 4.90 Å². The number of nitrogens with one attached hydrogen (secondary N) is 1. The summed E-state index contributed by atoms with van der Waals surface area (Å²) >= 11 is 0. The maximum Gasteiger partial charge on any atom is 0.195 e. The fraction of sp³-hybridized carbons (Fsp3) is 0.857. The van der Waals surface area contributed by atoms with Crippen LogP contribution in [0.1, 0.15) is 19.3 Å². The third kappa shape index (κ3) is 0.697. The van der Waals surface area contributed by atoms with Gasteiger partial charge in [0.15, 0.2) is 5.78 Å². The van der Waals surface area contributed by atoms with Crippen molar-refractivity contribution in [1.29, 1.82) is 0 Å². The minimum absolute atomic E-state index is 0.421. The summed E-state index contributed by atoms with van der Waals surface area (Å²) in [5, 5.41) is 0. The molecule has 0 saturated carbocycles. The molecule has 2 nitrogen and oxygen atoms in total. The SMILES string of the molecule is O=C1CC[NH+]2CCCC12. The summed E-state index contributed by atoms with van der Waals surface area (Å²) < 4.78 is 0. The lowest BCUT2D eigenvalue weighted by Gasteiger charge is -2.07. The molecule has 2 heterocycles. The summed E-state index contributed by atoms with van der Waals surface area (Å²) in [5.74, 6) is 0.516. The van der Waals surface area contributed by atoms with Crippen LogP contribution in [0.3, 0.4) is 0 Å². The van der Waals surface area contributed by atoms with Crippen molar-refractivity contribution in [3.63, 3.8) is 0 Å². The Labute approximate surface area is 54.8 Å². The minimum atomic E-state index is 0.421. The van der Waals surface area contributed by atoms with Crippen LogP contribution in [0.4, 0.5) is 0 Å². The van der Waals surface area contributed by atoms with Crippen LogP contribution in [0, 0.1) is 0 Å². The Bertz CT molecular complexity index is 144. The van der Waals surface area contributed by atoms with Gasteiger partial charge in [-0.1, -0.05) is 0 Å². The number of hydrogen-bond acceptors (Lipinski definition) is 1. The minimum Gasteiger partial charge on any atom is -0.326 e. The van der Waals surface area contributed by atoms with E-state index in [1.807, 2.05) is 0 Å². The molecule has 2 atom stereocenters. The molecule has 0 radical (unpaired) electrons. The van der Waals surface area contributed by atoms with Crippen LogP contribution in [0.2, 0.25) is 0 Å². The number of carbonyl (C=O) groups is 1. The summed E-state index contributed by atoms with van der Waals surface area (Å²) in [6, 6.07) is 0.421. The summed E-state index contributed by atoms with van der Waals surface area (Å²) in [4.78, 5) is 12.6. The summed E-state index contributed by atoms with van der Waals surface area (Å²) in [7, 11) is 0. The maximum absolute atomic E-state index is 11.0. The Morgan fingerprint density at radius 1 is 1.44 bits per heavy atom. The Kier molecular flexibility index (Phi) is 1.09. The van der Waals surface area contributed by atoms with Gasteiger partial charge in [-0.2, -0.15) is 0 Å². The fourth-order valence-corrected chi connectivity index (χ4v) is 2.06. The van der Waals surface area contributed by atoms with Crippen LogP contribution < -0.4 is 4.90 Å². The lowest BCUT2D eigenvalue weighted by atomic mass is 10.1. The molecule has 0 aromatic carbocycles. The number of quaternary nitrogens is 1. The number of ketones is 1. The Morgan fingerprint density at radius 3 is 3.11 bits per heavy atom. The van der Waals surface area contributed by atoms with Gasteiger partial charge in [-0.15, -0.1) is 0 Å². The molecular formula is C7H12NO+. The van der Waals surface area contributed by atoms with Gasteiger partial charge in [-0.3, -0.25) is 4.79 Å². The normalized spacial score (nSPS) is 41.6. The van der Waals surface area contributed by atoms with E-state index in [0.29, 0.717) is 11.8 Å². The standard InChI is InChI=1S/C7H11NO/c9-7-3-5-8-4-1-2-6(7)8/h6H,1-5H2/p+1. The Hall–Kier alpha value is -0.370. The van der Waals surface area contributed by atoms with Gasteiger partial charge in [0.1, 0.15) is 6.04 Å². The first-order valence-corrected chi connectivity index (χ1v) is 3.75. The van der Waals surface area contributed by atoms with Gasteiger partial charge in [0, 0.05) is 12.8 Å². The van der Waals surface area contributed by atoms with Gasteiger partial charge in [-0.25, -0.2) is 0 Å². The summed E-state index contributed by atoms with van der Waals surface area (Å²) in [5.41, 5.74) is 0. The molecule has 0 aromatic heterocycles. The van der Waals surface area contributed by atoms with E-state index in [-0.39, 0.29) is 0 Å². The summed E-state index contributed by atoms with van der Waals surface area (Å²) in [6.07, 6.45) is 3.28. The smallest absolute Gasteiger partial charge is 0.195 e. The third-order valence-corrected chi connectivity index (χ3v) is 2.56. The highest BCUT2D eigenvalue weighted by Crippen LogP contribution is 2.07. The monoisotopic (exact) mass is 126 g/mol. The van der Waals surface area contributed by atoms with Crippen molar-refractivity contribution >= 4 is 5.78 Å². The molecule has 2 rings (SSSR count). The van der Waals surface area contributed by atoms with E-state index in [4.69, 9.17) is 0 Å². The lowest BCUT2D eigenvalue weighted by molar-refractivity contribution is -0.893. The zero-order chi connectivity index (χ0) is 6.27. The van der Waals surface area contributed by atoms with E-state index in [1.165, 1.54) is 13.0 Å². The molecule has 9 heavy (non-hydrogen) atoms. The van der Waals surface area contributed by atoms with Crippen molar-refractivity contribution in [2.24, 2.45) is 0 Å². The Balaban J connectivity index is 2.15. The van der Waals surface area contributed by atoms with Crippen molar-refractivity contribution in [1.82, 2.24) is 0 Å². The van der Waals surface area contributed by atoms with E-state index in [2.05, 4.69) is 0 Å². The molecule has 2 aliphatic heterocycles. The largest absolute Gasteiger partial charge is 0.326 e. The summed E-state index contributed by atoms with van der Waals surface area (Å²) in [6.45, 7) is 2.36. The molecular weight excluding hydrogens is 114 g/mol. The van der Waals surface area contributed by atoms with E-state index < -0.39 is 0 Å². The van der Waals surface area contributed by atoms with Gasteiger partial charge >= 0.3 is 0 Å². The zero-order valence-corrected chi connectivity index (χ0v) is 5.52. The van der Waals surface area contributed by atoms with Gasteiger partial charge in [-0.05, 0) is 0 Å². The van der Waals surface area contributed by atoms with E-state index in [9.17, 15) is 4.79 Å². The second-order valence-corrected chi connectivity index (χ2v) is 3.07. The molecule has 2 aliphatic rings. The molecule has 0 aromatic rings. The molecule has 2 unspecified atom stereocenters. The van der Waals surface area contributed by atoms with Crippen molar-refractivity contribution in [3.8, 4) is 0 Å². The number of fused-ring (bicyclic) bond motifs is 1. The van der Waals surface area contributed by atoms with Crippen molar-refractivity contribution in [3.05, 3.63) is 0 Å². The molecule has 1 N–H and O–H groups in total. The number of rotatable bonds is 0. The van der Waals surface area contributed by atoms with Crippen molar-refractivity contribution in [2.75, 3.05) is 13.1 Å². The Morgan fingerprint density at radius 2 is 2.33 bits per heavy atom. The van der Waals surface area contributed by atoms with Gasteiger partial charge in [0.25, 0.3) is 0 Å². The number of carbonyl (C=O) groups excluding carboxylic acids is 1. The van der Waals surface area contributed by atoms with Crippen LogP contribution in [0.15, 0.2) is 0 Å². The first-order chi connectivity index (χ1) is 4.38. The lowest BCUT2D eigenvalue weighted by Crippen LogP contribution is -3.11. The van der Waals surface area contributed by atoms with Crippen LogP contribution in [0.25, 0.3) is 0 Å². The van der Waals surface area contributed by atoms with E-state index in [0.717, 1.165) is 19.4 Å². The molecule has 2 heteroatoms. The van der Waals surface area contributed by atoms with Crippen LogP contribution >= 0.6 is 0 Å². The van der Waals surface area contributed by atoms with Crippen LogP contribution in [-0.4, -0.2) is 24.9 Å². The zero-order valence-electron chi connectivity index (χ0n) is 5.52. The number of Topliss-reactive ketones (excluding diaryl/α,β-unsaturated/α-hetero) is 1. The molecule has 2 fully saturated rings. The van der Waals surface area contributed by atoms with Gasteiger partial charge in [0.2, 0.25) is 0 Å². The molecule has 50 valence electrons. The molecule has 0 aliphatic carbocycles. The van der Waals surface area contributed by atoms with Gasteiger partial charge in [0.05, 0.1) is 19.5 Å². The van der Waals surface area contributed by atoms with Crippen LogP contribution in [-0.2, 0) is 4.79 Å².